The zero-order chi connectivity index (χ0) is 41.7. The molecule has 312 valence electrons. The second-order valence-corrected chi connectivity index (χ2v) is 16.4. The van der Waals surface area contributed by atoms with Gasteiger partial charge in [-0.1, -0.05) is 6.07 Å². The minimum atomic E-state index is -0.802. The van der Waals surface area contributed by atoms with Gasteiger partial charge in [-0.3, -0.25) is 4.79 Å². The zero-order valence-corrected chi connectivity index (χ0v) is 33.4. The van der Waals surface area contributed by atoms with Gasteiger partial charge in [0.25, 0.3) is 0 Å². The number of carbonyl (C=O) groups excluding carboxylic acids is 1. The summed E-state index contributed by atoms with van der Waals surface area (Å²) in [5.74, 6) is -0.0196. The normalized spacial score (nSPS) is 23.9. The third kappa shape index (κ3) is 6.21. The minimum absolute atomic E-state index is 0.0197. The molecule has 4 fully saturated rings. The summed E-state index contributed by atoms with van der Waals surface area (Å²) >= 11 is 0. The van der Waals surface area contributed by atoms with E-state index in [1.165, 1.54) is 35.3 Å². The van der Waals surface area contributed by atoms with Crippen molar-refractivity contribution < 1.29 is 22.7 Å². The van der Waals surface area contributed by atoms with Gasteiger partial charge in [0.1, 0.15) is 40.8 Å². The summed E-state index contributed by atoms with van der Waals surface area (Å²) in [5, 5.41) is 21.0. The number of methoxy groups -OCH3 is 1. The zero-order valence-electron chi connectivity index (χ0n) is 33.4. The number of fused-ring (bicyclic) bond motifs is 8. The van der Waals surface area contributed by atoms with Crippen LogP contribution in [0.2, 0.25) is 0 Å². The van der Waals surface area contributed by atoms with Gasteiger partial charge in [-0.2, -0.15) is 19.9 Å². The fraction of sp³-hybridized carbons (Fsp3) is 0.390. The van der Waals surface area contributed by atoms with Gasteiger partial charge in [0.05, 0.1) is 47.0 Å². The number of benzene rings is 2. The Labute approximate surface area is 346 Å². The molecule has 6 bridgehead atoms. The van der Waals surface area contributed by atoms with Crippen molar-refractivity contribution in [3.63, 3.8) is 0 Å². The van der Waals surface area contributed by atoms with Crippen molar-refractivity contribution in [3.8, 4) is 16.9 Å². The number of aromatic nitrogens is 11. The maximum Gasteiger partial charge on any atom is 0.245 e. The summed E-state index contributed by atoms with van der Waals surface area (Å²) in [6.45, 7) is 2.77. The third-order valence-electron chi connectivity index (χ3n) is 12.7. The van der Waals surface area contributed by atoms with Crippen molar-refractivity contribution in [2.75, 3.05) is 42.4 Å². The lowest BCUT2D eigenvalue weighted by atomic mass is 9.77. The van der Waals surface area contributed by atoms with Gasteiger partial charge in [0.2, 0.25) is 11.9 Å². The lowest BCUT2D eigenvalue weighted by Crippen LogP contribution is -2.62. The van der Waals surface area contributed by atoms with Crippen molar-refractivity contribution >= 4 is 45.6 Å². The van der Waals surface area contributed by atoms with Gasteiger partial charge in [-0.25, -0.2) is 27.8 Å². The fourth-order valence-electron chi connectivity index (χ4n) is 9.86. The molecule has 1 N–H and O–H groups in total. The van der Waals surface area contributed by atoms with E-state index in [2.05, 4.69) is 30.7 Å². The van der Waals surface area contributed by atoms with Crippen molar-refractivity contribution in [1.82, 2.24) is 59.4 Å². The van der Waals surface area contributed by atoms with E-state index in [0.29, 0.717) is 70.7 Å². The van der Waals surface area contributed by atoms with Crippen LogP contribution in [0.3, 0.4) is 0 Å². The standard InChI is InChI=1S/C41H40F3N15O2/c1-21-48-33-11-23(43)9-29-32-5-4-6-36(50-32)49-24-12-35(40(60)54(2)18-28(61-3)19-55(21)37(29)33)56(17-24)38-30-16-46-58(34-8-7-22(42)10-31(34)44)39(30)52-41(51-38)57-25-13-26(57)15-27(14-25)59-47-20-45-53-59/h4-11,16,20,24-28,35H,12-15,17-19H2,1-3H3,(H,49,50)/t24-,25-,26+,27?,28-,35-/m0/s1. The van der Waals surface area contributed by atoms with Crippen LogP contribution in [0.1, 0.15) is 37.5 Å². The van der Waals surface area contributed by atoms with Gasteiger partial charge in [0, 0.05) is 63.1 Å². The Balaban J connectivity index is 1.02. The van der Waals surface area contributed by atoms with Crippen LogP contribution >= 0.6 is 0 Å². The molecule has 7 aromatic rings. The predicted molar refractivity (Wildman–Crippen MR) is 217 cm³/mol. The summed E-state index contributed by atoms with van der Waals surface area (Å²) in [5.41, 5.74) is 2.70. The second kappa shape index (κ2) is 14.2. The molecule has 5 aliphatic rings. The van der Waals surface area contributed by atoms with E-state index in [1.54, 1.807) is 30.1 Å². The van der Waals surface area contributed by atoms with Gasteiger partial charge in [0.15, 0.2) is 17.8 Å². The predicted octanol–water partition coefficient (Wildman–Crippen LogP) is 4.47. The molecular formula is C41H40F3N15O2. The summed E-state index contributed by atoms with van der Waals surface area (Å²) in [7, 11) is 3.36. The van der Waals surface area contributed by atoms with E-state index in [1.807, 2.05) is 34.6 Å². The average Bonchev–Trinajstić information content (AvgIpc) is 4.07. The first-order valence-corrected chi connectivity index (χ1v) is 20.3. The first kappa shape index (κ1) is 37.3. The number of amides is 1. The van der Waals surface area contributed by atoms with E-state index in [0.717, 1.165) is 30.8 Å². The van der Waals surface area contributed by atoms with Gasteiger partial charge >= 0.3 is 0 Å². The first-order chi connectivity index (χ1) is 29.6. The highest BCUT2D eigenvalue weighted by Gasteiger charge is 2.49. The fourth-order valence-corrected chi connectivity index (χ4v) is 9.86. The molecule has 17 nitrogen and oxygen atoms in total. The molecule has 3 saturated heterocycles. The number of piperidine rings is 1. The number of nitrogens with zero attached hydrogens (tertiary/aromatic N) is 14. The van der Waals surface area contributed by atoms with E-state index in [-0.39, 0.29) is 42.3 Å². The highest BCUT2D eigenvalue weighted by Crippen LogP contribution is 2.46. The Morgan fingerprint density at radius 1 is 0.869 bits per heavy atom. The Kier molecular flexibility index (Phi) is 8.69. The van der Waals surface area contributed by atoms with Crippen LogP contribution in [0, 0.1) is 24.4 Å². The number of rotatable bonds is 5. The van der Waals surface area contributed by atoms with E-state index in [4.69, 9.17) is 24.7 Å². The molecule has 12 rings (SSSR count). The molecular weight excluding hydrogens is 792 g/mol. The Morgan fingerprint density at radius 2 is 1.70 bits per heavy atom. The topological polar surface area (TPSA) is 166 Å². The molecule has 0 radical (unpaired) electrons. The van der Waals surface area contributed by atoms with Gasteiger partial charge < -0.3 is 29.3 Å². The lowest BCUT2D eigenvalue weighted by molar-refractivity contribution is -0.132. The van der Waals surface area contributed by atoms with E-state index < -0.39 is 29.6 Å². The summed E-state index contributed by atoms with van der Waals surface area (Å²) < 4.78 is 54.1. The third-order valence-corrected chi connectivity index (χ3v) is 12.7. The number of hydrogen-bond donors (Lipinski definition) is 1. The SMILES string of the molecule is CO[C@H]1CN(C)C(=O)[C@@H]2C[C@@H](CN2c2nc(N3[C@@H]4CC(n5ncnn5)C[C@H]3C4)nc3c2cnn3-c2ccc(F)cc2F)Nc2cccc(n2)-c2cc(F)cc3nc(C)n(c23)C1. The Hall–Kier alpha value is -6.70. The molecule has 1 saturated carbocycles. The molecule has 4 aliphatic heterocycles. The van der Waals surface area contributed by atoms with Crippen molar-refractivity contribution in [1.29, 1.82) is 0 Å². The van der Waals surface area contributed by atoms with Crippen molar-refractivity contribution in [2.45, 2.75) is 75.5 Å². The molecule has 20 heteroatoms. The summed E-state index contributed by atoms with van der Waals surface area (Å²) in [6.07, 6.45) is 5.32. The number of ether oxygens (including phenoxy) is 1. The second-order valence-electron chi connectivity index (χ2n) is 16.4. The summed E-state index contributed by atoms with van der Waals surface area (Å²) in [6, 6.07) is 10.9. The number of hydrogen-bond acceptors (Lipinski definition) is 13. The molecule has 1 amide bonds. The first-order valence-electron chi connectivity index (χ1n) is 20.3. The van der Waals surface area contributed by atoms with Crippen LogP contribution in [-0.2, 0) is 16.1 Å². The number of aryl methyl sites for hydroxylation is 1. The maximum atomic E-state index is 15.5. The van der Waals surface area contributed by atoms with Crippen LogP contribution in [0.25, 0.3) is 39.0 Å². The van der Waals surface area contributed by atoms with Gasteiger partial charge in [-0.15, -0.1) is 10.2 Å². The van der Waals surface area contributed by atoms with Crippen LogP contribution in [0.5, 0.6) is 0 Å². The van der Waals surface area contributed by atoms with Gasteiger partial charge in [-0.05, 0) is 68.2 Å². The molecule has 9 heterocycles. The van der Waals surface area contributed by atoms with E-state index in [9.17, 15) is 9.18 Å². The number of halogens is 3. The number of tetrazole rings is 1. The number of imidazole rings is 1. The minimum Gasteiger partial charge on any atom is -0.378 e. The van der Waals surface area contributed by atoms with Crippen molar-refractivity contribution in [2.24, 2.45) is 0 Å². The maximum absolute atomic E-state index is 15.5. The van der Waals surface area contributed by atoms with Crippen molar-refractivity contribution in [3.05, 3.63) is 84.3 Å². The van der Waals surface area contributed by atoms with Crippen LogP contribution in [0.15, 0.2) is 61.1 Å². The number of anilines is 3. The Bertz CT molecular complexity index is 2840. The molecule has 1 unspecified atom stereocenters. The molecule has 6 atom stereocenters. The number of pyridine rings is 1. The van der Waals surface area contributed by atoms with Crippen LogP contribution < -0.4 is 15.1 Å². The number of likely N-dealkylation sites (N-methyl/N-ethyl adjacent to an activating group) is 1. The molecule has 61 heavy (non-hydrogen) atoms. The number of nitrogens with one attached hydrogen (secondary N) is 1. The highest BCUT2D eigenvalue weighted by atomic mass is 19.1. The monoisotopic (exact) mass is 831 g/mol. The Morgan fingerprint density at radius 3 is 2.49 bits per heavy atom. The average molecular weight is 832 g/mol. The van der Waals surface area contributed by atoms with Crippen LogP contribution in [-0.4, -0.2) is 123 Å². The smallest absolute Gasteiger partial charge is 0.245 e. The van der Waals surface area contributed by atoms with Crippen LogP contribution in [0.4, 0.5) is 30.8 Å². The highest BCUT2D eigenvalue weighted by molar-refractivity contribution is 5.94. The molecule has 5 aromatic heterocycles. The quantitative estimate of drug-likeness (QED) is 0.259. The summed E-state index contributed by atoms with van der Waals surface area (Å²) in [4.78, 5) is 42.3. The largest absolute Gasteiger partial charge is 0.378 e. The molecule has 0 spiro atoms. The molecule has 1 aliphatic carbocycles. The lowest BCUT2D eigenvalue weighted by Gasteiger charge is -2.54. The number of carbonyl (C=O) groups is 1. The van der Waals surface area contributed by atoms with E-state index >= 15 is 8.78 Å². The molecule has 2 aromatic carbocycles.